The van der Waals surface area contributed by atoms with Gasteiger partial charge in [0.1, 0.15) is 11.4 Å². The van der Waals surface area contributed by atoms with Crippen molar-refractivity contribution in [3.63, 3.8) is 0 Å². The van der Waals surface area contributed by atoms with Crippen LogP contribution in [0.3, 0.4) is 0 Å². The van der Waals surface area contributed by atoms with Gasteiger partial charge in [0.15, 0.2) is 0 Å². The molecule has 9 nitrogen and oxygen atoms in total. The molecule has 1 atom stereocenters. The SMILES string of the molecule is CC(C)(C)OC(=O)NCC1CCC(C(=O)NC(Cc2ccccc2)c2nc3ccc(C(N)=O)cc3[nH]2)CC1. The Morgan fingerprint density at radius 3 is 2.45 bits per heavy atom. The molecule has 3 amide bonds. The standard InChI is InChI=1S/C29H37N5O4/c1-29(2,3)38-28(37)31-17-19-9-11-20(12-10-19)27(36)34-24(15-18-7-5-4-6-8-18)26-32-22-14-13-21(25(30)35)16-23(22)33-26/h4-8,13-14,16,19-20,24H,9-12,15,17H2,1-3H3,(H2,30,35)(H,31,37)(H,32,33)(H,34,36). The summed E-state index contributed by atoms with van der Waals surface area (Å²) in [5, 5.41) is 6.08. The van der Waals surface area contributed by atoms with Gasteiger partial charge in [0, 0.05) is 18.0 Å². The lowest BCUT2D eigenvalue weighted by atomic mass is 9.81. The molecular weight excluding hydrogens is 482 g/mol. The molecule has 0 spiro atoms. The second-order valence-corrected chi connectivity index (χ2v) is 11.1. The number of ether oxygens (including phenoxy) is 1. The van der Waals surface area contributed by atoms with Crippen molar-refractivity contribution < 1.29 is 19.1 Å². The van der Waals surface area contributed by atoms with Gasteiger partial charge in [0.05, 0.1) is 17.1 Å². The van der Waals surface area contributed by atoms with Crippen molar-refractivity contribution in [2.24, 2.45) is 17.6 Å². The fourth-order valence-corrected chi connectivity index (χ4v) is 4.87. The van der Waals surface area contributed by atoms with Crippen LogP contribution in [0.15, 0.2) is 48.5 Å². The van der Waals surface area contributed by atoms with E-state index < -0.39 is 17.6 Å². The zero-order chi connectivity index (χ0) is 27.3. The Balaban J connectivity index is 1.40. The van der Waals surface area contributed by atoms with E-state index in [1.807, 2.05) is 51.1 Å². The normalized spacial score (nSPS) is 18.5. The molecular formula is C29H37N5O4. The largest absolute Gasteiger partial charge is 0.444 e. The Morgan fingerprint density at radius 2 is 1.79 bits per heavy atom. The molecule has 9 heteroatoms. The number of primary amides is 1. The number of H-pyrrole nitrogens is 1. The summed E-state index contributed by atoms with van der Waals surface area (Å²) in [6, 6.07) is 14.7. The first-order chi connectivity index (χ1) is 18.1. The highest BCUT2D eigenvalue weighted by Gasteiger charge is 2.29. The number of fused-ring (bicyclic) bond motifs is 1. The van der Waals surface area contributed by atoms with E-state index in [1.54, 1.807) is 18.2 Å². The Hall–Kier alpha value is -3.88. The van der Waals surface area contributed by atoms with Crippen molar-refractivity contribution in [3.8, 4) is 0 Å². The average Bonchev–Trinajstić information content (AvgIpc) is 3.30. The number of nitrogens with zero attached hydrogens (tertiary/aromatic N) is 1. The third-order valence-corrected chi connectivity index (χ3v) is 6.87. The zero-order valence-corrected chi connectivity index (χ0v) is 22.3. The number of rotatable bonds is 8. The van der Waals surface area contributed by atoms with Crippen molar-refractivity contribution in [2.45, 2.75) is 64.5 Å². The number of hydrogen-bond acceptors (Lipinski definition) is 5. The quantitative estimate of drug-likeness (QED) is 0.349. The second kappa shape index (κ2) is 11.7. The van der Waals surface area contributed by atoms with Gasteiger partial charge in [-0.15, -0.1) is 0 Å². The average molecular weight is 520 g/mol. The van der Waals surface area contributed by atoms with Crippen molar-refractivity contribution in [2.75, 3.05) is 6.54 Å². The van der Waals surface area contributed by atoms with Crippen LogP contribution in [0.25, 0.3) is 11.0 Å². The number of nitrogens with one attached hydrogen (secondary N) is 3. The fourth-order valence-electron chi connectivity index (χ4n) is 4.87. The molecule has 4 rings (SSSR count). The number of imidazole rings is 1. The Bertz CT molecular complexity index is 1270. The topological polar surface area (TPSA) is 139 Å². The number of nitrogens with two attached hydrogens (primary N) is 1. The molecule has 1 aliphatic carbocycles. The predicted molar refractivity (Wildman–Crippen MR) is 145 cm³/mol. The van der Waals surface area contributed by atoms with Crippen LogP contribution in [0.1, 0.15) is 74.2 Å². The summed E-state index contributed by atoms with van der Waals surface area (Å²) in [6.45, 7) is 6.06. The van der Waals surface area contributed by atoms with E-state index in [0.717, 1.165) is 31.2 Å². The number of amides is 3. The van der Waals surface area contributed by atoms with Gasteiger partial charge in [-0.2, -0.15) is 0 Å². The van der Waals surface area contributed by atoms with E-state index in [1.165, 1.54) is 0 Å². The first kappa shape index (κ1) is 27.2. The predicted octanol–water partition coefficient (Wildman–Crippen LogP) is 4.39. The van der Waals surface area contributed by atoms with Gasteiger partial charge in [-0.3, -0.25) is 9.59 Å². The van der Waals surface area contributed by atoms with Gasteiger partial charge in [0.2, 0.25) is 11.8 Å². The molecule has 1 aliphatic rings. The van der Waals surface area contributed by atoms with Gasteiger partial charge in [0.25, 0.3) is 0 Å². The number of hydrogen-bond donors (Lipinski definition) is 4. The molecule has 202 valence electrons. The van der Waals surface area contributed by atoms with Gasteiger partial charge in [-0.05, 0) is 82.6 Å². The number of aromatic nitrogens is 2. The van der Waals surface area contributed by atoms with Gasteiger partial charge in [-0.1, -0.05) is 30.3 Å². The second-order valence-electron chi connectivity index (χ2n) is 11.1. The molecule has 1 fully saturated rings. The van der Waals surface area contributed by atoms with Crippen LogP contribution in [0.5, 0.6) is 0 Å². The van der Waals surface area contributed by atoms with Crippen LogP contribution < -0.4 is 16.4 Å². The molecule has 0 aliphatic heterocycles. The maximum Gasteiger partial charge on any atom is 0.407 e. The molecule has 3 aromatic rings. The van der Waals surface area contributed by atoms with E-state index in [4.69, 9.17) is 15.5 Å². The summed E-state index contributed by atoms with van der Waals surface area (Å²) in [5.41, 5.74) is 7.78. The highest BCUT2D eigenvalue weighted by atomic mass is 16.6. The van der Waals surface area contributed by atoms with E-state index in [2.05, 4.69) is 15.6 Å². The van der Waals surface area contributed by atoms with E-state index in [-0.39, 0.29) is 17.9 Å². The van der Waals surface area contributed by atoms with Crippen molar-refractivity contribution in [1.29, 1.82) is 0 Å². The number of carbonyl (C=O) groups excluding carboxylic acids is 3. The fraction of sp³-hybridized carbons (Fsp3) is 0.448. The van der Waals surface area contributed by atoms with E-state index in [9.17, 15) is 14.4 Å². The lowest BCUT2D eigenvalue weighted by Gasteiger charge is -2.29. The third kappa shape index (κ3) is 7.34. The minimum Gasteiger partial charge on any atom is -0.444 e. The minimum atomic E-state index is -0.528. The van der Waals surface area contributed by atoms with Gasteiger partial charge < -0.3 is 26.1 Å². The Morgan fingerprint density at radius 1 is 1.08 bits per heavy atom. The molecule has 5 N–H and O–H groups in total. The number of carbonyl (C=O) groups is 3. The molecule has 2 aromatic carbocycles. The monoisotopic (exact) mass is 519 g/mol. The van der Waals surface area contributed by atoms with Crippen LogP contribution in [0, 0.1) is 11.8 Å². The molecule has 1 heterocycles. The summed E-state index contributed by atoms with van der Waals surface area (Å²) in [6.07, 6.45) is 3.40. The van der Waals surface area contributed by atoms with Crippen molar-refractivity contribution in [3.05, 3.63) is 65.5 Å². The van der Waals surface area contributed by atoms with Gasteiger partial charge >= 0.3 is 6.09 Å². The molecule has 1 aromatic heterocycles. The van der Waals surface area contributed by atoms with Gasteiger partial charge in [-0.25, -0.2) is 9.78 Å². The maximum atomic E-state index is 13.4. The first-order valence-electron chi connectivity index (χ1n) is 13.2. The molecule has 1 saturated carbocycles. The molecule has 0 bridgehead atoms. The summed E-state index contributed by atoms with van der Waals surface area (Å²) < 4.78 is 5.32. The van der Waals surface area contributed by atoms with E-state index >= 15 is 0 Å². The maximum absolute atomic E-state index is 13.4. The van der Waals surface area contributed by atoms with Crippen molar-refractivity contribution >= 4 is 28.9 Å². The summed E-state index contributed by atoms with van der Waals surface area (Å²) >= 11 is 0. The third-order valence-electron chi connectivity index (χ3n) is 6.87. The summed E-state index contributed by atoms with van der Waals surface area (Å²) in [5.74, 6) is 0.351. The van der Waals surface area contributed by atoms with Crippen LogP contribution in [0.4, 0.5) is 4.79 Å². The number of benzene rings is 2. The van der Waals surface area contributed by atoms with E-state index in [0.29, 0.717) is 41.3 Å². The van der Waals surface area contributed by atoms with Crippen LogP contribution in [-0.2, 0) is 16.0 Å². The Labute approximate surface area is 222 Å². The first-order valence-corrected chi connectivity index (χ1v) is 13.2. The lowest BCUT2D eigenvalue weighted by molar-refractivity contribution is -0.127. The Kier molecular flexibility index (Phi) is 8.34. The summed E-state index contributed by atoms with van der Waals surface area (Å²) in [7, 11) is 0. The van der Waals surface area contributed by atoms with Crippen LogP contribution in [-0.4, -0.2) is 40.0 Å². The highest BCUT2D eigenvalue weighted by Crippen LogP contribution is 2.30. The molecule has 0 saturated heterocycles. The highest BCUT2D eigenvalue weighted by molar-refractivity contribution is 5.96. The van der Waals surface area contributed by atoms with Crippen molar-refractivity contribution in [1.82, 2.24) is 20.6 Å². The molecule has 0 radical (unpaired) electrons. The molecule has 1 unspecified atom stereocenters. The minimum absolute atomic E-state index is 0.00256. The zero-order valence-electron chi connectivity index (χ0n) is 22.3. The number of aromatic amines is 1. The number of alkyl carbamates (subject to hydrolysis) is 1. The molecule has 38 heavy (non-hydrogen) atoms. The smallest absolute Gasteiger partial charge is 0.407 e. The summed E-state index contributed by atoms with van der Waals surface area (Å²) in [4.78, 5) is 44.9. The van der Waals surface area contributed by atoms with Crippen LogP contribution in [0.2, 0.25) is 0 Å². The lowest BCUT2D eigenvalue weighted by Crippen LogP contribution is -2.39. The van der Waals surface area contributed by atoms with Crippen LogP contribution >= 0.6 is 0 Å².